The van der Waals surface area contributed by atoms with Crippen LogP contribution in [-0.4, -0.2) is 39.3 Å². The molecule has 0 bridgehead atoms. The molecule has 0 heterocycles. The summed E-state index contributed by atoms with van der Waals surface area (Å²) in [6, 6.07) is 9.58. The van der Waals surface area contributed by atoms with Gasteiger partial charge in [-0.3, -0.25) is 4.79 Å². The van der Waals surface area contributed by atoms with Gasteiger partial charge in [0.2, 0.25) is 0 Å². The fraction of sp³-hybridized carbons (Fsp3) is 0.118. The van der Waals surface area contributed by atoms with E-state index in [0.717, 1.165) is 6.07 Å². The van der Waals surface area contributed by atoms with E-state index >= 15 is 0 Å². The molecular weight excluding hydrogens is 350 g/mol. The average Bonchev–Trinajstić information content (AvgIpc) is 2.55. The van der Waals surface area contributed by atoms with Crippen LogP contribution >= 0.6 is 12.4 Å². The first kappa shape index (κ1) is 20.1. The number of halogens is 1. The SMILES string of the molecule is Cl.NC(Cc1c(C(=O)O)cc(C(=O)O)cc1-c1ccccc1)C(=O)O. The number of benzene rings is 2. The van der Waals surface area contributed by atoms with E-state index in [2.05, 4.69) is 0 Å². The second-order valence-corrected chi connectivity index (χ2v) is 5.18. The van der Waals surface area contributed by atoms with Crippen LogP contribution in [0.3, 0.4) is 0 Å². The van der Waals surface area contributed by atoms with Gasteiger partial charge in [-0.2, -0.15) is 0 Å². The third-order valence-corrected chi connectivity index (χ3v) is 3.55. The molecule has 0 amide bonds. The van der Waals surface area contributed by atoms with Crippen molar-refractivity contribution in [3.8, 4) is 11.1 Å². The van der Waals surface area contributed by atoms with Crippen molar-refractivity contribution in [3.05, 3.63) is 59.2 Å². The Morgan fingerprint density at radius 2 is 1.56 bits per heavy atom. The lowest BCUT2D eigenvalue weighted by atomic mass is 9.89. The fourth-order valence-corrected chi connectivity index (χ4v) is 2.39. The molecular formula is C17H16ClNO6. The van der Waals surface area contributed by atoms with Crippen molar-refractivity contribution in [2.24, 2.45) is 5.73 Å². The van der Waals surface area contributed by atoms with Crippen LogP contribution in [0.1, 0.15) is 26.3 Å². The van der Waals surface area contributed by atoms with Gasteiger partial charge in [-0.1, -0.05) is 30.3 Å². The predicted octanol–water partition coefficient (Wildman–Crippen LogP) is 2.13. The predicted molar refractivity (Wildman–Crippen MR) is 92.4 cm³/mol. The molecule has 1 atom stereocenters. The molecule has 2 aromatic rings. The highest BCUT2D eigenvalue weighted by atomic mass is 35.5. The molecule has 0 saturated carbocycles. The van der Waals surface area contributed by atoms with E-state index < -0.39 is 23.9 Å². The summed E-state index contributed by atoms with van der Waals surface area (Å²) in [7, 11) is 0. The van der Waals surface area contributed by atoms with Gasteiger partial charge in [-0.15, -0.1) is 12.4 Å². The molecule has 25 heavy (non-hydrogen) atoms. The van der Waals surface area contributed by atoms with Crippen LogP contribution in [0, 0.1) is 0 Å². The van der Waals surface area contributed by atoms with Crippen LogP contribution in [0.4, 0.5) is 0 Å². The van der Waals surface area contributed by atoms with Gasteiger partial charge in [0.1, 0.15) is 6.04 Å². The van der Waals surface area contributed by atoms with Crippen LogP contribution < -0.4 is 5.73 Å². The third-order valence-electron chi connectivity index (χ3n) is 3.55. The van der Waals surface area contributed by atoms with E-state index in [1.54, 1.807) is 30.3 Å². The summed E-state index contributed by atoms with van der Waals surface area (Å²) in [5.74, 6) is -3.89. The molecule has 0 aliphatic heterocycles. The highest BCUT2D eigenvalue weighted by Gasteiger charge is 2.23. The number of hydrogen-bond acceptors (Lipinski definition) is 4. The Labute approximate surface area is 149 Å². The highest BCUT2D eigenvalue weighted by Crippen LogP contribution is 2.29. The standard InChI is InChI=1S/C17H15NO6.ClH/c18-14(17(23)24)8-12-11(9-4-2-1-3-5-9)6-10(15(19)20)7-13(12)16(21)22;/h1-7,14H,8,18H2,(H,19,20)(H,21,22)(H,23,24);1H. The first-order valence-electron chi connectivity index (χ1n) is 6.98. The highest BCUT2D eigenvalue weighted by molar-refractivity contribution is 5.98. The Morgan fingerprint density at radius 1 is 0.960 bits per heavy atom. The number of aliphatic carboxylic acids is 1. The van der Waals surface area contributed by atoms with Crippen molar-refractivity contribution in [2.45, 2.75) is 12.5 Å². The number of nitrogens with two attached hydrogens (primary N) is 1. The summed E-state index contributed by atoms with van der Waals surface area (Å²) in [4.78, 5) is 33.9. The van der Waals surface area contributed by atoms with E-state index in [1.165, 1.54) is 6.07 Å². The van der Waals surface area contributed by atoms with E-state index in [4.69, 9.17) is 10.8 Å². The molecule has 1 unspecified atom stereocenters. The van der Waals surface area contributed by atoms with Crippen LogP contribution in [0.2, 0.25) is 0 Å². The van der Waals surface area contributed by atoms with Gasteiger partial charge in [-0.05, 0) is 35.2 Å². The lowest BCUT2D eigenvalue weighted by Gasteiger charge is -2.16. The maximum absolute atomic E-state index is 11.6. The molecule has 0 radical (unpaired) electrons. The zero-order valence-corrected chi connectivity index (χ0v) is 13.7. The van der Waals surface area contributed by atoms with Crippen molar-refractivity contribution in [1.29, 1.82) is 0 Å². The number of hydrogen-bond donors (Lipinski definition) is 4. The Hall–Kier alpha value is -2.90. The van der Waals surface area contributed by atoms with Gasteiger partial charge in [0.25, 0.3) is 0 Å². The lowest BCUT2D eigenvalue weighted by molar-refractivity contribution is -0.138. The van der Waals surface area contributed by atoms with Gasteiger partial charge < -0.3 is 21.1 Å². The summed E-state index contributed by atoms with van der Waals surface area (Å²) in [5.41, 5.74) is 6.19. The lowest BCUT2D eigenvalue weighted by Crippen LogP contribution is -2.33. The number of carbonyl (C=O) groups is 3. The van der Waals surface area contributed by atoms with Crippen molar-refractivity contribution >= 4 is 30.3 Å². The first-order valence-corrected chi connectivity index (χ1v) is 6.98. The van der Waals surface area contributed by atoms with E-state index in [9.17, 15) is 24.6 Å². The topological polar surface area (TPSA) is 138 Å². The third kappa shape index (κ3) is 4.56. The van der Waals surface area contributed by atoms with Gasteiger partial charge in [0.05, 0.1) is 11.1 Å². The zero-order valence-electron chi connectivity index (χ0n) is 12.9. The molecule has 0 saturated heterocycles. The minimum Gasteiger partial charge on any atom is -0.480 e. The van der Waals surface area contributed by atoms with Crippen molar-refractivity contribution in [3.63, 3.8) is 0 Å². The molecule has 5 N–H and O–H groups in total. The summed E-state index contributed by atoms with van der Waals surface area (Å²) in [6.45, 7) is 0. The number of rotatable bonds is 6. The minimum absolute atomic E-state index is 0. The van der Waals surface area contributed by atoms with Crippen LogP contribution in [0.15, 0.2) is 42.5 Å². The maximum Gasteiger partial charge on any atom is 0.336 e. The number of carboxylic acids is 3. The molecule has 7 nitrogen and oxygen atoms in total. The molecule has 0 aliphatic rings. The molecule has 2 aromatic carbocycles. The summed E-state index contributed by atoms with van der Waals surface area (Å²) < 4.78 is 0. The molecule has 2 rings (SSSR count). The molecule has 0 aliphatic carbocycles. The Bertz CT molecular complexity index is 806. The van der Waals surface area contributed by atoms with Gasteiger partial charge >= 0.3 is 17.9 Å². The van der Waals surface area contributed by atoms with Crippen LogP contribution in [-0.2, 0) is 11.2 Å². The van der Waals surface area contributed by atoms with Crippen molar-refractivity contribution < 1.29 is 29.7 Å². The van der Waals surface area contributed by atoms with E-state index in [0.29, 0.717) is 11.1 Å². The maximum atomic E-state index is 11.6. The smallest absolute Gasteiger partial charge is 0.336 e. The number of carboxylic acid groups (broad SMARTS) is 3. The Balaban J connectivity index is 0.00000312. The second-order valence-electron chi connectivity index (χ2n) is 5.18. The largest absolute Gasteiger partial charge is 0.480 e. The summed E-state index contributed by atoms with van der Waals surface area (Å²) in [5, 5.41) is 27.6. The Morgan fingerprint density at radius 3 is 2.04 bits per heavy atom. The van der Waals surface area contributed by atoms with Gasteiger partial charge in [0.15, 0.2) is 0 Å². The van der Waals surface area contributed by atoms with Crippen molar-refractivity contribution in [2.75, 3.05) is 0 Å². The van der Waals surface area contributed by atoms with Crippen LogP contribution in [0.25, 0.3) is 11.1 Å². The Kier molecular flexibility index (Phi) is 6.67. The van der Waals surface area contributed by atoms with E-state index in [1.807, 2.05) is 0 Å². The molecule has 0 fully saturated rings. The zero-order chi connectivity index (χ0) is 17.9. The van der Waals surface area contributed by atoms with Crippen LogP contribution in [0.5, 0.6) is 0 Å². The quantitative estimate of drug-likeness (QED) is 0.615. The summed E-state index contributed by atoms with van der Waals surface area (Å²) in [6.07, 6.45) is -0.235. The molecule has 0 aromatic heterocycles. The molecule has 0 spiro atoms. The van der Waals surface area contributed by atoms with Gasteiger partial charge in [0, 0.05) is 0 Å². The number of aromatic carboxylic acids is 2. The second kappa shape index (κ2) is 8.27. The summed E-state index contributed by atoms with van der Waals surface area (Å²) >= 11 is 0. The van der Waals surface area contributed by atoms with Crippen molar-refractivity contribution in [1.82, 2.24) is 0 Å². The minimum atomic E-state index is -1.34. The van der Waals surface area contributed by atoms with E-state index in [-0.39, 0.29) is 35.5 Å². The average molecular weight is 366 g/mol. The monoisotopic (exact) mass is 365 g/mol. The normalized spacial score (nSPS) is 11.2. The van der Waals surface area contributed by atoms with Gasteiger partial charge in [-0.25, -0.2) is 9.59 Å². The first-order chi connectivity index (χ1) is 11.3. The molecule has 132 valence electrons. The fourth-order valence-electron chi connectivity index (χ4n) is 2.39. The molecule has 8 heteroatoms.